The van der Waals surface area contributed by atoms with Crippen LogP contribution in [0.3, 0.4) is 0 Å². The van der Waals surface area contributed by atoms with Gasteiger partial charge in [0.2, 0.25) is 0 Å². The average molecular weight is 225 g/mol. The molecule has 0 unspecified atom stereocenters. The Morgan fingerprint density at radius 2 is 2.27 bits per heavy atom. The standard InChI is InChI=1S/C9H8FN3OS/c1-13-8(11-12-9(13)15)6-4-5(10)2-3-7(6)14/h2-4,14H,1H3,(H,12,15). The SMILES string of the molecule is Cn1c(-c2cc(F)ccc2O)n[nH]c1=S. The lowest BCUT2D eigenvalue weighted by Gasteiger charge is -2.03. The highest BCUT2D eigenvalue weighted by Gasteiger charge is 2.11. The number of aromatic nitrogens is 3. The van der Waals surface area contributed by atoms with Crippen LogP contribution < -0.4 is 0 Å². The molecule has 0 aliphatic heterocycles. The van der Waals surface area contributed by atoms with E-state index in [2.05, 4.69) is 10.2 Å². The van der Waals surface area contributed by atoms with Gasteiger partial charge in [0.15, 0.2) is 10.6 Å². The summed E-state index contributed by atoms with van der Waals surface area (Å²) in [4.78, 5) is 0. The van der Waals surface area contributed by atoms with Crippen molar-refractivity contribution in [1.82, 2.24) is 14.8 Å². The van der Waals surface area contributed by atoms with Crippen LogP contribution in [0.15, 0.2) is 18.2 Å². The Hall–Kier alpha value is -1.69. The second-order valence-electron chi connectivity index (χ2n) is 3.07. The van der Waals surface area contributed by atoms with E-state index >= 15 is 0 Å². The van der Waals surface area contributed by atoms with E-state index in [-0.39, 0.29) is 5.75 Å². The third-order valence-electron chi connectivity index (χ3n) is 2.08. The number of hydrogen-bond acceptors (Lipinski definition) is 3. The molecule has 2 N–H and O–H groups in total. The van der Waals surface area contributed by atoms with Crippen molar-refractivity contribution >= 4 is 12.2 Å². The zero-order valence-electron chi connectivity index (χ0n) is 7.86. The zero-order chi connectivity index (χ0) is 11.0. The molecule has 2 aromatic rings. The minimum atomic E-state index is -0.434. The topological polar surface area (TPSA) is 53.8 Å². The quantitative estimate of drug-likeness (QED) is 0.730. The third kappa shape index (κ3) is 1.63. The van der Waals surface area contributed by atoms with Gasteiger partial charge in [-0.15, -0.1) is 0 Å². The fourth-order valence-electron chi connectivity index (χ4n) is 1.28. The Morgan fingerprint density at radius 1 is 1.53 bits per heavy atom. The van der Waals surface area contributed by atoms with Crippen LogP contribution in [0, 0.1) is 10.6 Å². The number of aromatic hydroxyl groups is 1. The molecule has 1 aromatic heterocycles. The summed E-state index contributed by atoms with van der Waals surface area (Å²) < 4.78 is 15.0. The first kappa shape index (κ1) is 9.85. The number of rotatable bonds is 1. The van der Waals surface area contributed by atoms with Crippen LogP contribution in [0.2, 0.25) is 0 Å². The molecule has 6 heteroatoms. The van der Waals surface area contributed by atoms with Gasteiger partial charge in [0, 0.05) is 7.05 Å². The van der Waals surface area contributed by atoms with Crippen LogP contribution in [0.25, 0.3) is 11.4 Å². The van der Waals surface area contributed by atoms with Crippen molar-refractivity contribution < 1.29 is 9.50 Å². The Morgan fingerprint density at radius 3 is 2.87 bits per heavy atom. The molecule has 4 nitrogen and oxygen atoms in total. The van der Waals surface area contributed by atoms with Gasteiger partial charge in [-0.1, -0.05) is 0 Å². The molecule has 0 atom stereocenters. The molecule has 0 amide bonds. The number of nitrogens with one attached hydrogen (secondary N) is 1. The van der Waals surface area contributed by atoms with E-state index in [1.54, 1.807) is 11.6 Å². The second-order valence-corrected chi connectivity index (χ2v) is 3.46. The van der Waals surface area contributed by atoms with Gasteiger partial charge < -0.3 is 9.67 Å². The Balaban J connectivity index is 2.68. The lowest BCUT2D eigenvalue weighted by molar-refractivity contribution is 0.474. The second kappa shape index (κ2) is 3.47. The number of hydrogen-bond donors (Lipinski definition) is 2. The molecule has 0 saturated heterocycles. The van der Waals surface area contributed by atoms with E-state index in [1.807, 2.05) is 0 Å². The van der Waals surface area contributed by atoms with Crippen LogP contribution >= 0.6 is 12.2 Å². The van der Waals surface area contributed by atoms with Gasteiger partial charge in [0.1, 0.15) is 11.6 Å². The van der Waals surface area contributed by atoms with Gasteiger partial charge in [-0.3, -0.25) is 5.10 Å². The minimum Gasteiger partial charge on any atom is -0.507 e. The van der Waals surface area contributed by atoms with E-state index in [1.165, 1.54) is 18.2 Å². The normalized spacial score (nSPS) is 10.5. The summed E-state index contributed by atoms with van der Waals surface area (Å²) in [7, 11) is 1.69. The van der Waals surface area contributed by atoms with Crippen molar-refractivity contribution in [3.8, 4) is 17.1 Å². The fraction of sp³-hybridized carbons (Fsp3) is 0.111. The van der Waals surface area contributed by atoms with E-state index in [9.17, 15) is 9.50 Å². The van der Waals surface area contributed by atoms with Crippen LogP contribution in [0.1, 0.15) is 0 Å². The van der Waals surface area contributed by atoms with Crippen molar-refractivity contribution in [1.29, 1.82) is 0 Å². The van der Waals surface area contributed by atoms with Crippen molar-refractivity contribution in [2.45, 2.75) is 0 Å². The zero-order valence-corrected chi connectivity index (χ0v) is 8.68. The first-order chi connectivity index (χ1) is 7.09. The highest BCUT2D eigenvalue weighted by Crippen LogP contribution is 2.27. The Kier molecular flexibility index (Phi) is 2.28. The molecule has 15 heavy (non-hydrogen) atoms. The molecule has 1 heterocycles. The molecule has 0 aliphatic rings. The minimum absolute atomic E-state index is 0.0338. The summed E-state index contributed by atoms with van der Waals surface area (Å²) in [5.74, 6) is -0.0674. The summed E-state index contributed by atoms with van der Waals surface area (Å²) in [5.41, 5.74) is 0.310. The number of nitrogens with zero attached hydrogens (tertiary/aromatic N) is 2. The Labute approximate surface area is 90.0 Å². The van der Waals surface area contributed by atoms with E-state index in [4.69, 9.17) is 12.2 Å². The number of aromatic amines is 1. The largest absolute Gasteiger partial charge is 0.507 e. The predicted molar refractivity (Wildman–Crippen MR) is 55.5 cm³/mol. The maximum Gasteiger partial charge on any atom is 0.195 e. The van der Waals surface area contributed by atoms with Crippen LogP contribution in [0.5, 0.6) is 5.75 Å². The number of phenolic OH excluding ortho intramolecular Hbond substituents is 1. The summed E-state index contributed by atoms with van der Waals surface area (Å²) in [5, 5.41) is 16.0. The van der Waals surface area contributed by atoms with Gasteiger partial charge in [-0.05, 0) is 30.4 Å². The molecular weight excluding hydrogens is 217 g/mol. The van der Waals surface area contributed by atoms with Crippen molar-refractivity contribution in [3.63, 3.8) is 0 Å². The molecule has 0 fully saturated rings. The molecule has 0 spiro atoms. The van der Waals surface area contributed by atoms with Gasteiger partial charge in [0.05, 0.1) is 5.56 Å². The molecular formula is C9H8FN3OS. The van der Waals surface area contributed by atoms with Crippen molar-refractivity contribution in [3.05, 3.63) is 28.8 Å². The highest BCUT2D eigenvalue weighted by atomic mass is 32.1. The van der Waals surface area contributed by atoms with Crippen molar-refractivity contribution in [2.24, 2.45) is 7.05 Å². The molecule has 1 aromatic carbocycles. The smallest absolute Gasteiger partial charge is 0.195 e. The van der Waals surface area contributed by atoms with E-state index in [0.717, 1.165) is 0 Å². The first-order valence-corrected chi connectivity index (χ1v) is 4.60. The number of halogens is 1. The molecule has 0 bridgehead atoms. The highest BCUT2D eigenvalue weighted by molar-refractivity contribution is 7.71. The molecule has 0 saturated carbocycles. The summed E-state index contributed by atoms with van der Waals surface area (Å²) in [6.45, 7) is 0. The fourth-order valence-corrected chi connectivity index (χ4v) is 1.41. The monoisotopic (exact) mass is 225 g/mol. The van der Waals surface area contributed by atoms with Gasteiger partial charge in [-0.2, -0.15) is 5.10 Å². The molecule has 78 valence electrons. The first-order valence-electron chi connectivity index (χ1n) is 4.20. The summed E-state index contributed by atoms with van der Waals surface area (Å²) in [6.07, 6.45) is 0. The molecule has 0 aliphatic carbocycles. The maximum absolute atomic E-state index is 13.0. The average Bonchev–Trinajstić information content (AvgIpc) is 2.52. The van der Waals surface area contributed by atoms with Gasteiger partial charge >= 0.3 is 0 Å². The molecule has 0 radical (unpaired) electrons. The van der Waals surface area contributed by atoms with Gasteiger partial charge in [-0.25, -0.2) is 4.39 Å². The third-order valence-corrected chi connectivity index (χ3v) is 2.44. The lowest BCUT2D eigenvalue weighted by Crippen LogP contribution is -1.93. The summed E-state index contributed by atoms with van der Waals surface area (Å²) >= 11 is 4.92. The van der Waals surface area contributed by atoms with Crippen LogP contribution in [-0.2, 0) is 7.05 Å². The number of phenols is 1. The van der Waals surface area contributed by atoms with Crippen molar-refractivity contribution in [2.75, 3.05) is 0 Å². The van der Waals surface area contributed by atoms with Gasteiger partial charge in [0.25, 0.3) is 0 Å². The predicted octanol–water partition coefficient (Wildman–Crippen LogP) is 1.99. The van der Waals surface area contributed by atoms with Crippen LogP contribution in [-0.4, -0.2) is 19.9 Å². The van der Waals surface area contributed by atoms with E-state index in [0.29, 0.717) is 16.2 Å². The maximum atomic E-state index is 13.0. The summed E-state index contributed by atoms with van der Waals surface area (Å²) in [6, 6.07) is 3.67. The molecule has 2 rings (SSSR count). The number of benzene rings is 1. The Bertz CT molecular complexity index is 561. The lowest BCUT2D eigenvalue weighted by atomic mass is 10.2. The number of H-pyrrole nitrogens is 1. The van der Waals surface area contributed by atoms with E-state index < -0.39 is 5.82 Å². The van der Waals surface area contributed by atoms with Crippen LogP contribution in [0.4, 0.5) is 4.39 Å².